The quantitative estimate of drug-likeness (QED) is 0.865. The van der Waals surface area contributed by atoms with E-state index < -0.39 is 24.2 Å². The van der Waals surface area contributed by atoms with Crippen LogP contribution in [0.25, 0.3) is 0 Å². The molecule has 3 rings (SSSR count). The minimum Gasteiger partial charge on any atom is -0.497 e. The molecule has 2 aromatic carbocycles. The zero-order chi connectivity index (χ0) is 20.5. The third-order valence-electron chi connectivity index (χ3n) is 4.37. The third kappa shape index (κ3) is 3.40. The average Bonchev–Trinajstić information content (AvgIpc) is 3.06. The summed E-state index contributed by atoms with van der Waals surface area (Å²) in [5.74, 6) is -0.292. The van der Waals surface area contributed by atoms with Crippen LogP contribution in [0, 0.1) is 0 Å². The highest BCUT2D eigenvalue weighted by Gasteiger charge is 2.63. The Morgan fingerprint density at radius 3 is 2.32 bits per heavy atom. The second-order valence-corrected chi connectivity index (χ2v) is 6.12. The summed E-state index contributed by atoms with van der Waals surface area (Å²) in [6.45, 7) is 0. The summed E-state index contributed by atoms with van der Waals surface area (Å²) in [5.41, 5.74) is -3.28. The van der Waals surface area contributed by atoms with Gasteiger partial charge in [-0.1, -0.05) is 6.07 Å². The SMILES string of the molecule is COc1ccc(C2=NN(C(=O)c3cccc(OC)c3)[C@@](O)(C(F)(F)F)C2)cc1. The van der Waals surface area contributed by atoms with Crippen molar-refractivity contribution in [2.75, 3.05) is 14.2 Å². The van der Waals surface area contributed by atoms with Gasteiger partial charge >= 0.3 is 6.18 Å². The Kier molecular flexibility index (Phi) is 5.03. The molecule has 1 atom stereocenters. The van der Waals surface area contributed by atoms with Gasteiger partial charge in [-0.2, -0.15) is 23.3 Å². The largest absolute Gasteiger partial charge is 0.497 e. The Balaban J connectivity index is 2.02. The third-order valence-corrected chi connectivity index (χ3v) is 4.37. The van der Waals surface area contributed by atoms with Crippen molar-refractivity contribution in [2.45, 2.75) is 18.3 Å². The predicted molar refractivity (Wildman–Crippen MR) is 94.3 cm³/mol. The first-order chi connectivity index (χ1) is 13.2. The summed E-state index contributed by atoms with van der Waals surface area (Å²) in [6, 6.07) is 11.7. The molecule has 6 nitrogen and oxygen atoms in total. The number of nitrogens with zero attached hydrogens (tertiary/aromatic N) is 2. The summed E-state index contributed by atoms with van der Waals surface area (Å²) in [7, 11) is 2.82. The van der Waals surface area contributed by atoms with Crippen molar-refractivity contribution in [2.24, 2.45) is 5.10 Å². The molecule has 1 amide bonds. The molecule has 2 aromatic rings. The summed E-state index contributed by atoms with van der Waals surface area (Å²) >= 11 is 0. The van der Waals surface area contributed by atoms with Gasteiger partial charge in [0, 0.05) is 5.56 Å². The normalized spacial score (nSPS) is 19.4. The molecule has 1 heterocycles. The number of hydrogen-bond acceptors (Lipinski definition) is 5. The van der Waals surface area contributed by atoms with Crippen molar-refractivity contribution < 1.29 is 32.5 Å². The van der Waals surface area contributed by atoms with Gasteiger partial charge in [0.05, 0.1) is 26.4 Å². The minimum atomic E-state index is -5.11. The van der Waals surface area contributed by atoms with Gasteiger partial charge in [-0.25, -0.2) is 0 Å². The van der Waals surface area contributed by atoms with Gasteiger partial charge in [-0.05, 0) is 48.0 Å². The van der Waals surface area contributed by atoms with Crippen LogP contribution in [0.2, 0.25) is 0 Å². The molecule has 0 unspecified atom stereocenters. The smallest absolute Gasteiger partial charge is 0.438 e. The van der Waals surface area contributed by atoms with Crippen molar-refractivity contribution in [1.82, 2.24) is 5.01 Å². The van der Waals surface area contributed by atoms with Gasteiger partial charge in [0.15, 0.2) is 0 Å². The van der Waals surface area contributed by atoms with E-state index in [0.717, 1.165) is 0 Å². The highest BCUT2D eigenvalue weighted by Crippen LogP contribution is 2.42. The van der Waals surface area contributed by atoms with Crippen LogP contribution in [-0.2, 0) is 0 Å². The van der Waals surface area contributed by atoms with E-state index in [1.165, 1.54) is 44.6 Å². The molecule has 0 bridgehead atoms. The van der Waals surface area contributed by atoms with Crippen LogP contribution in [0.3, 0.4) is 0 Å². The predicted octanol–water partition coefficient (Wildman–Crippen LogP) is 3.20. The number of benzene rings is 2. The molecule has 0 radical (unpaired) electrons. The molecule has 0 fully saturated rings. The van der Waals surface area contributed by atoms with E-state index in [1.807, 2.05) is 0 Å². The topological polar surface area (TPSA) is 71.4 Å². The lowest BCUT2D eigenvalue weighted by Crippen LogP contribution is -2.56. The number of methoxy groups -OCH3 is 2. The molecule has 9 heteroatoms. The lowest BCUT2D eigenvalue weighted by atomic mass is 10.0. The maximum atomic E-state index is 13.7. The van der Waals surface area contributed by atoms with E-state index >= 15 is 0 Å². The first-order valence-corrected chi connectivity index (χ1v) is 8.19. The maximum absolute atomic E-state index is 13.7. The number of rotatable bonds is 4. The first kappa shape index (κ1) is 19.7. The van der Waals surface area contributed by atoms with Crippen LogP contribution in [0.1, 0.15) is 22.3 Å². The number of halogens is 3. The van der Waals surface area contributed by atoms with Crippen LogP contribution in [0.15, 0.2) is 53.6 Å². The molecule has 148 valence electrons. The number of carbonyl (C=O) groups excluding carboxylic acids is 1. The Morgan fingerprint density at radius 2 is 1.75 bits per heavy atom. The zero-order valence-electron chi connectivity index (χ0n) is 15.0. The van der Waals surface area contributed by atoms with Crippen LogP contribution >= 0.6 is 0 Å². The fourth-order valence-electron chi connectivity index (χ4n) is 2.80. The van der Waals surface area contributed by atoms with E-state index in [9.17, 15) is 23.1 Å². The highest BCUT2D eigenvalue weighted by atomic mass is 19.4. The van der Waals surface area contributed by atoms with E-state index in [0.29, 0.717) is 17.1 Å². The minimum absolute atomic E-state index is 0.0706. The first-order valence-electron chi connectivity index (χ1n) is 8.19. The van der Waals surface area contributed by atoms with Crippen molar-refractivity contribution in [1.29, 1.82) is 0 Å². The van der Waals surface area contributed by atoms with E-state index in [-0.39, 0.29) is 16.3 Å². The molecule has 0 aliphatic carbocycles. The Morgan fingerprint density at radius 1 is 1.11 bits per heavy atom. The number of aliphatic hydroxyl groups is 1. The molecule has 0 aromatic heterocycles. The lowest BCUT2D eigenvalue weighted by molar-refractivity contribution is -0.297. The average molecular weight is 394 g/mol. The monoisotopic (exact) mass is 394 g/mol. The fraction of sp³-hybridized carbons (Fsp3) is 0.263. The number of carbonyl (C=O) groups is 1. The summed E-state index contributed by atoms with van der Waals surface area (Å²) in [4.78, 5) is 12.7. The molecule has 28 heavy (non-hydrogen) atoms. The number of alkyl halides is 3. The summed E-state index contributed by atoms with van der Waals surface area (Å²) in [6.07, 6.45) is -6.00. The van der Waals surface area contributed by atoms with Crippen molar-refractivity contribution in [3.8, 4) is 11.5 Å². The number of hydrazone groups is 1. The van der Waals surface area contributed by atoms with Gasteiger partial charge in [-0.15, -0.1) is 0 Å². The van der Waals surface area contributed by atoms with Crippen molar-refractivity contribution in [3.63, 3.8) is 0 Å². The zero-order valence-corrected chi connectivity index (χ0v) is 15.0. The maximum Gasteiger partial charge on any atom is 0.438 e. The standard InChI is InChI=1S/C19H17F3N2O4/c1-27-14-8-6-12(7-9-14)16-11-18(26,19(20,21)22)24(23-16)17(25)13-4-3-5-15(10-13)28-2/h3-10,26H,11H2,1-2H3/t18-/m0/s1. The number of amides is 1. The van der Waals surface area contributed by atoms with E-state index in [2.05, 4.69) is 5.10 Å². The van der Waals surface area contributed by atoms with Gasteiger partial charge in [0.25, 0.3) is 11.6 Å². The van der Waals surface area contributed by atoms with E-state index in [4.69, 9.17) is 9.47 Å². The molecule has 0 spiro atoms. The van der Waals surface area contributed by atoms with Gasteiger partial charge < -0.3 is 14.6 Å². The summed E-state index contributed by atoms with van der Waals surface area (Å²) < 4.78 is 51.0. The lowest BCUT2D eigenvalue weighted by Gasteiger charge is -2.32. The molecular weight excluding hydrogens is 377 g/mol. The van der Waals surface area contributed by atoms with Gasteiger partial charge in [-0.3, -0.25) is 4.79 Å². The Bertz CT molecular complexity index is 912. The van der Waals surface area contributed by atoms with Crippen LogP contribution in [0.4, 0.5) is 13.2 Å². The fourth-order valence-corrected chi connectivity index (χ4v) is 2.80. The molecule has 0 saturated heterocycles. The number of hydrogen-bond donors (Lipinski definition) is 1. The molecule has 1 aliphatic rings. The highest BCUT2D eigenvalue weighted by molar-refractivity contribution is 6.05. The van der Waals surface area contributed by atoms with Crippen LogP contribution in [-0.4, -0.2) is 47.9 Å². The van der Waals surface area contributed by atoms with Crippen molar-refractivity contribution in [3.05, 3.63) is 59.7 Å². The molecule has 0 saturated carbocycles. The summed E-state index contributed by atoms with van der Waals surface area (Å²) in [5, 5.41) is 14.3. The van der Waals surface area contributed by atoms with Gasteiger partial charge in [0.2, 0.25) is 0 Å². The number of ether oxygens (including phenoxy) is 2. The second-order valence-electron chi connectivity index (χ2n) is 6.12. The van der Waals surface area contributed by atoms with E-state index in [1.54, 1.807) is 18.2 Å². The molecule has 1 aliphatic heterocycles. The van der Waals surface area contributed by atoms with Crippen molar-refractivity contribution >= 4 is 11.6 Å². The molecule has 1 N–H and O–H groups in total. The Hall–Kier alpha value is -3.07. The Labute approximate surface area is 158 Å². The van der Waals surface area contributed by atoms with Crippen LogP contribution in [0.5, 0.6) is 11.5 Å². The van der Waals surface area contributed by atoms with Crippen LogP contribution < -0.4 is 9.47 Å². The van der Waals surface area contributed by atoms with Gasteiger partial charge in [0.1, 0.15) is 11.5 Å². The molecular formula is C19H17F3N2O4. The second kappa shape index (κ2) is 7.16.